The molecule has 3 aliphatic heterocycles. The third kappa shape index (κ3) is 4.29. The van der Waals surface area contributed by atoms with Gasteiger partial charge in [-0.1, -0.05) is 41.9 Å². The van der Waals surface area contributed by atoms with Crippen molar-refractivity contribution >= 4 is 39.4 Å². The topological polar surface area (TPSA) is 105 Å². The highest BCUT2D eigenvalue weighted by Gasteiger charge is 2.77. The van der Waals surface area contributed by atoms with Crippen LogP contribution in [-0.4, -0.2) is 69.6 Å². The number of aryl methyl sites for hydroxylation is 2. The van der Waals surface area contributed by atoms with E-state index < -0.39 is 41.6 Å². The first-order valence-electron chi connectivity index (χ1n) is 12.3. The van der Waals surface area contributed by atoms with Crippen LogP contribution in [0.3, 0.4) is 0 Å². The number of anilines is 1. The van der Waals surface area contributed by atoms with Crippen molar-refractivity contribution in [1.29, 1.82) is 0 Å². The van der Waals surface area contributed by atoms with Gasteiger partial charge in [-0.25, -0.2) is 0 Å². The SMILES string of the molecule is CCOC(=O)[C@H]1[C@H]2C(=O)N([C@@H](CO)CC(C)C)C(C(=O)Nc3cc(C)ccc3C)C23CC(Br)[C@@H]1O3. The van der Waals surface area contributed by atoms with Crippen LogP contribution in [0.2, 0.25) is 0 Å². The monoisotopic (exact) mass is 550 g/mol. The highest BCUT2D eigenvalue weighted by molar-refractivity contribution is 9.09. The number of aliphatic hydroxyl groups is 1. The molecule has 3 saturated heterocycles. The van der Waals surface area contributed by atoms with Crippen LogP contribution >= 0.6 is 15.9 Å². The normalized spacial score (nSPS) is 32.2. The van der Waals surface area contributed by atoms with Crippen molar-refractivity contribution in [2.45, 2.75) is 76.1 Å². The third-order valence-electron chi connectivity index (χ3n) is 7.53. The number of fused-ring (bicyclic) bond motifs is 1. The lowest BCUT2D eigenvalue weighted by molar-refractivity contribution is -0.155. The Morgan fingerprint density at radius 1 is 1.34 bits per heavy atom. The lowest BCUT2D eigenvalue weighted by Gasteiger charge is -2.37. The maximum atomic E-state index is 14.0. The van der Waals surface area contributed by atoms with E-state index in [1.165, 1.54) is 4.90 Å². The van der Waals surface area contributed by atoms with Gasteiger partial charge in [0.15, 0.2) is 0 Å². The minimum atomic E-state index is -1.18. The van der Waals surface area contributed by atoms with Crippen LogP contribution in [0, 0.1) is 31.6 Å². The van der Waals surface area contributed by atoms with Gasteiger partial charge in [-0.05, 0) is 56.7 Å². The van der Waals surface area contributed by atoms with Gasteiger partial charge in [-0.2, -0.15) is 0 Å². The molecule has 1 aromatic carbocycles. The molecule has 8 nitrogen and oxygen atoms in total. The third-order valence-corrected chi connectivity index (χ3v) is 8.38. The molecule has 192 valence electrons. The van der Waals surface area contributed by atoms with Gasteiger partial charge in [-0.3, -0.25) is 14.4 Å². The lowest BCUT2D eigenvalue weighted by atomic mass is 9.70. The molecule has 35 heavy (non-hydrogen) atoms. The van der Waals surface area contributed by atoms with Gasteiger partial charge in [0, 0.05) is 10.5 Å². The number of aliphatic hydroxyl groups excluding tert-OH is 1. The van der Waals surface area contributed by atoms with Crippen molar-refractivity contribution < 1.29 is 29.0 Å². The number of halogens is 1. The van der Waals surface area contributed by atoms with Crippen molar-refractivity contribution in [1.82, 2.24) is 4.90 Å². The van der Waals surface area contributed by atoms with Gasteiger partial charge < -0.3 is 24.8 Å². The highest BCUT2D eigenvalue weighted by atomic mass is 79.9. The Labute approximate surface area is 214 Å². The van der Waals surface area contributed by atoms with Gasteiger partial charge in [-0.15, -0.1) is 0 Å². The molecule has 0 aliphatic carbocycles. The summed E-state index contributed by atoms with van der Waals surface area (Å²) in [5.41, 5.74) is 1.38. The molecule has 3 heterocycles. The molecule has 3 unspecified atom stereocenters. The molecular weight excluding hydrogens is 516 g/mol. The van der Waals surface area contributed by atoms with Gasteiger partial charge in [0.1, 0.15) is 11.6 Å². The summed E-state index contributed by atoms with van der Waals surface area (Å²) >= 11 is 3.64. The van der Waals surface area contributed by atoms with E-state index in [-0.39, 0.29) is 35.8 Å². The number of rotatable bonds is 8. The number of carbonyl (C=O) groups excluding carboxylic acids is 3. The molecule has 0 aromatic heterocycles. The molecule has 1 spiro atoms. The van der Waals surface area contributed by atoms with E-state index in [1.807, 2.05) is 45.9 Å². The quantitative estimate of drug-likeness (QED) is 0.381. The summed E-state index contributed by atoms with van der Waals surface area (Å²) in [7, 11) is 0. The number of nitrogens with one attached hydrogen (secondary N) is 1. The fourth-order valence-electron chi connectivity index (χ4n) is 6.16. The first-order valence-corrected chi connectivity index (χ1v) is 13.3. The van der Waals surface area contributed by atoms with Crippen molar-refractivity contribution in [3.05, 3.63) is 29.3 Å². The van der Waals surface area contributed by atoms with E-state index in [2.05, 4.69) is 21.2 Å². The molecule has 1 aromatic rings. The van der Waals surface area contributed by atoms with E-state index in [1.54, 1.807) is 6.92 Å². The largest absolute Gasteiger partial charge is 0.466 e. The fourth-order valence-corrected chi connectivity index (χ4v) is 7.10. The Morgan fingerprint density at radius 2 is 2.06 bits per heavy atom. The average Bonchev–Trinajstić information content (AvgIpc) is 3.38. The predicted octanol–water partition coefficient (Wildman–Crippen LogP) is 2.96. The van der Waals surface area contributed by atoms with Crippen molar-refractivity contribution in [3.8, 4) is 0 Å². The fraction of sp³-hybridized carbons (Fsp3) is 0.654. The predicted molar refractivity (Wildman–Crippen MR) is 134 cm³/mol. The lowest BCUT2D eigenvalue weighted by Crippen LogP contribution is -2.56. The first kappa shape index (κ1) is 26.1. The molecule has 7 atom stereocenters. The minimum absolute atomic E-state index is 0.183. The van der Waals surface area contributed by atoms with Crippen molar-refractivity contribution in [3.63, 3.8) is 0 Å². The molecule has 0 radical (unpaired) electrons. The van der Waals surface area contributed by atoms with E-state index in [9.17, 15) is 19.5 Å². The van der Waals surface area contributed by atoms with Crippen LogP contribution in [0.5, 0.6) is 0 Å². The summed E-state index contributed by atoms with van der Waals surface area (Å²) in [6.07, 6.45) is 0.369. The van der Waals surface area contributed by atoms with Crippen LogP contribution in [0.4, 0.5) is 5.69 Å². The second-order valence-corrected chi connectivity index (χ2v) is 11.6. The van der Waals surface area contributed by atoms with E-state index in [0.717, 1.165) is 11.1 Å². The zero-order valence-electron chi connectivity index (χ0n) is 20.9. The second kappa shape index (κ2) is 9.82. The number of carbonyl (C=O) groups is 3. The van der Waals surface area contributed by atoms with Crippen LogP contribution in [0.1, 0.15) is 44.7 Å². The first-order chi connectivity index (χ1) is 16.5. The number of esters is 1. The maximum Gasteiger partial charge on any atom is 0.312 e. The van der Waals surface area contributed by atoms with Gasteiger partial charge >= 0.3 is 5.97 Å². The number of amides is 2. The zero-order chi connectivity index (χ0) is 25.7. The summed E-state index contributed by atoms with van der Waals surface area (Å²) < 4.78 is 11.8. The Hall–Kier alpha value is -1.97. The molecule has 9 heteroatoms. The standard InChI is InChI=1S/C26H35BrN2O6/c1-6-34-25(33)19-20-24(32)29(16(12-30)9-13(2)3)22(26(20)11-17(27)21(19)35-26)23(31)28-18-10-14(4)7-8-15(18)5/h7-8,10,13,16-17,19-22,30H,6,9,11-12H2,1-5H3,(H,28,31)/t16-,17?,19+,20+,21+,22?,26?/m1/s1. The molecule has 0 saturated carbocycles. The second-order valence-electron chi connectivity index (χ2n) is 10.4. The molecule has 2 amide bonds. The molecular formula is C26H35BrN2O6. The van der Waals surface area contributed by atoms with Gasteiger partial charge in [0.25, 0.3) is 0 Å². The smallest absolute Gasteiger partial charge is 0.312 e. The number of likely N-dealkylation sites (tertiary alicyclic amines) is 1. The van der Waals surface area contributed by atoms with Crippen molar-refractivity contribution in [2.75, 3.05) is 18.5 Å². The van der Waals surface area contributed by atoms with Crippen LogP contribution in [0.25, 0.3) is 0 Å². The van der Waals surface area contributed by atoms with E-state index in [0.29, 0.717) is 18.5 Å². The van der Waals surface area contributed by atoms with Gasteiger partial charge in [0.05, 0.1) is 37.2 Å². The van der Waals surface area contributed by atoms with Gasteiger partial charge in [0.2, 0.25) is 11.8 Å². The Bertz CT molecular complexity index is 1020. The number of ether oxygens (including phenoxy) is 2. The Morgan fingerprint density at radius 3 is 2.69 bits per heavy atom. The van der Waals surface area contributed by atoms with Crippen molar-refractivity contribution in [2.24, 2.45) is 17.8 Å². The molecule has 3 fully saturated rings. The molecule has 3 aliphatic rings. The van der Waals surface area contributed by atoms with Crippen LogP contribution in [0.15, 0.2) is 18.2 Å². The molecule has 2 N–H and O–H groups in total. The average molecular weight is 551 g/mol. The summed E-state index contributed by atoms with van der Waals surface area (Å²) in [5.74, 6) is -2.65. The zero-order valence-corrected chi connectivity index (χ0v) is 22.5. The summed E-state index contributed by atoms with van der Waals surface area (Å²) in [6, 6.07) is 4.23. The summed E-state index contributed by atoms with van der Waals surface area (Å²) in [6.45, 7) is 9.49. The van der Waals surface area contributed by atoms with Crippen LogP contribution < -0.4 is 5.32 Å². The van der Waals surface area contributed by atoms with Crippen LogP contribution in [-0.2, 0) is 23.9 Å². The molecule has 4 rings (SSSR count). The number of hydrogen-bond donors (Lipinski definition) is 2. The summed E-state index contributed by atoms with van der Waals surface area (Å²) in [5, 5.41) is 13.3. The minimum Gasteiger partial charge on any atom is -0.466 e. The Kier molecular flexibility index (Phi) is 7.33. The number of nitrogens with zero attached hydrogens (tertiary/aromatic N) is 1. The van der Waals surface area contributed by atoms with E-state index in [4.69, 9.17) is 9.47 Å². The number of alkyl halides is 1. The number of hydrogen-bond acceptors (Lipinski definition) is 6. The Balaban J connectivity index is 1.79. The number of benzene rings is 1. The highest BCUT2D eigenvalue weighted by Crippen LogP contribution is 2.60. The summed E-state index contributed by atoms with van der Waals surface area (Å²) in [4.78, 5) is 42.3. The maximum absolute atomic E-state index is 14.0. The van der Waals surface area contributed by atoms with E-state index >= 15 is 0 Å². The molecule has 2 bridgehead atoms.